The van der Waals surface area contributed by atoms with E-state index in [9.17, 15) is 0 Å². The van der Waals surface area contributed by atoms with E-state index in [-0.39, 0.29) is 121 Å². The zero-order chi connectivity index (χ0) is 0. The molecule has 0 spiro atoms. The second kappa shape index (κ2) is 15.8. The van der Waals surface area contributed by atoms with E-state index in [2.05, 4.69) is 0 Å². The molecule has 0 bridgehead atoms. The zero-order valence-electron chi connectivity index (χ0n) is 2.08. The third kappa shape index (κ3) is 9.25. The second-order valence-corrected chi connectivity index (χ2v) is 0. The Kier molecular flexibility index (Phi) is 99.0. The molecule has 4 heavy (non-hydrogen) atoms. The van der Waals surface area contributed by atoms with E-state index < -0.39 is 0 Å². The Morgan fingerprint density at radius 1 is 1.00 bits per heavy atom. The average molecular weight is 391 g/mol. The van der Waals surface area contributed by atoms with Crippen LogP contribution in [0.1, 0.15) is 0 Å². The van der Waals surface area contributed by atoms with Crippen molar-refractivity contribution in [1.29, 1.82) is 0 Å². The van der Waals surface area contributed by atoms with Crippen LogP contribution >= 0.6 is 0 Å². The van der Waals surface area contributed by atoms with Crippen molar-refractivity contribution in [2.24, 2.45) is 0 Å². The predicted molar refractivity (Wildman–Crippen MR) is 3.61 cm³/mol. The molecule has 0 aliphatic rings. The molecule has 0 aliphatic heterocycles. The van der Waals surface area contributed by atoms with Gasteiger partial charge in [0.2, 0.25) is 0 Å². The Labute approximate surface area is 117 Å². The zero-order valence-corrected chi connectivity index (χ0v) is 11.3. The molecule has 0 heterocycles. The van der Waals surface area contributed by atoms with E-state index in [1.807, 2.05) is 0 Å². The Morgan fingerprint density at radius 2 is 1.00 bits per heavy atom. The topological polar surface area (TPSA) is 31.5 Å². The van der Waals surface area contributed by atoms with Crippen molar-refractivity contribution in [3.63, 3.8) is 0 Å². The maximum absolute atomic E-state index is 0. The van der Waals surface area contributed by atoms with Crippen LogP contribution in [0.25, 0.3) is 0 Å². The maximum atomic E-state index is 0. The molecule has 0 aromatic heterocycles. The molecule has 0 aromatic carbocycles. The van der Waals surface area contributed by atoms with Crippen LogP contribution < -0.4 is 0 Å². The maximum Gasteiger partial charge on any atom is 0 e. The van der Waals surface area contributed by atoms with Gasteiger partial charge in [0.25, 0.3) is 0 Å². The molecule has 1 radical (unpaired) electrons. The fourth-order valence-corrected chi connectivity index (χ4v) is 0. The number of rotatable bonds is 0. The standard InChI is InChI=1S/Ce.Nd.H2O.Y/h;;1H2;. The Hall–Kier alpha value is 3.79. The quantitative estimate of drug-likeness (QED) is 0.517. The van der Waals surface area contributed by atoms with Crippen molar-refractivity contribution in [2.75, 3.05) is 0 Å². The third-order valence-electron chi connectivity index (χ3n) is 0. The molecule has 2 N–H and O–H groups in total. The molecular weight excluding hydrogens is 389 g/mol. The van der Waals surface area contributed by atoms with E-state index in [1.54, 1.807) is 0 Å². The fourth-order valence-electron chi connectivity index (χ4n) is 0. The monoisotopic (exact) mass is 389 g/mol. The van der Waals surface area contributed by atoms with Gasteiger partial charge in [-0.25, -0.2) is 0 Å². The van der Waals surface area contributed by atoms with E-state index in [4.69, 9.17) is 0 Å². The Balaban J connectivity index is 0. The first-order valence-electron chi connectivity index (χ1n) is 0. The summed E-state index contributed by atoms with van der Waals surface area (Å²) in [6.07, 6.45) is 0. The van der Waals surface area contributed by atoms with Crippen LogP contribution in [-0.4, -0.2) is 5.48 Å². The van der Waals surface area contributed by atoms with Crippen molar-refractivity contribution in [3.8, 4) is 0 Å². The minimum absolute atomic E-state index is 0. The molecule has 0 fully saturated rings. The summed E-state index contributed by atoms with van der Waals surface area (Å²) in [6.45, 7) is 0. The van der Waals surface area contributed by atoms with Gasteiger partial charge in [-0.05, 0) is 0 Å². The number of hydrogen-bond donors (Lipinski definition) is 0. The van der Waals surface area contributed by atoms with Crippen molar-refractivity contribution in [3.05, 3.63) is 0 Å². The summed E-state index contributed by atoms with van der Waals surface area (Å²) in [5.41, 5.74) is 0. The van der Waals surface area contributed by atoms with Crippen LogP contribution in [-0.2, 0) is 32.7 Å². The van der Waals surface area contributed by atoms with Gasteiger partial charge in [0.1, 0.15) is 0 Å². The summed E-state index contributed by atoms with van der Waals surface area (Å²) in [5, 5.41) is 0. The summed E-state index contributed by atoms with van der Waals surface area (Å²) in [7, 11) is 0. The first-order valence-corrected chi connectivity index (χ1v) is 0. The van der Waals surface area contributed by atoms with Crippen LogP contribution in [0.15, 0.2) is 0 Å². The van der Waals surface area contributed by atoms with Crippen LogP contribution in [0.5, 0.6) is 0 Å². The van der Waals surface area contributed by atoms with Crippen molar-refractivity contribution >= 4 is 0 Å². The van der Waals surface area contributed by atoms with Crippen LogP contribution in [0.2, 0.25) is 0 Å². The molecule has 0 aliphatic carbocycles. The van der Waals surface area contributed by atoms with Crippen LogP contribution in [0.4, 0.5) is 0 Å². The third-order valence-corrected chi connectivity index (χ3v) is 0. The summed E-state index contributed by atoms with van der Waals surface area (Å²) >= 11 is 0. The first-order chi connectivity index (χ1) is 0. The minimum atomic E-state index is 0. The molecule has 0 unspecified atom stereocenters. The molecule has 0 amide bonds. The largest absolute Gasteiger partial charge is 0.412 e. The van der Waals surface area contributed by atoms with Gasteiger partial charge in [0.05, 0.1) is 0 Å². The van der Waals surface area contributed by atoms with Gasteiger partial charge >= 0.3 is 0 Å². The molecule has 0 atom stereocenters. The normalized spacial score (nSPS) is 0. The van der Waals surface area contributed by atoms with Crippen molar-refractivity contribution in [2.45, 2.75) is 0 Å². The minimum Gasteiger partial charge on any atom is -0.412 e. The van der Waals surface area contributed by atoms with Gasteiger partial charge in [0.15, 0.2) is 0 Å². The van der Waals surface area contributed by atoms with Gasteiger partial charge in [-0.1, -0.05) is 0 Å². The van der Waals surface area contributed by atoms with Crippen molar-refractivity contribution in [1.82, 2.24) is 0 Å². The molecular formula is H2CeNdOY. The van der Waals surface area contributed by atoms with Crippen molar-refractivity contribution < 1.29 is 121 Å². The van der Waals surface area contributed by atoms with Gasteiger partial charge < -0.3 is 5.48 Å². The molecule has 4 heteroatoms. The molecule has 0 saturated heterocycles. The molecule has 0 aromatic rings. The summed E-state index contributed by atoms with van der Waals surface area (Å²) < 4.78 is 0. The molecule has 0 saturated carbocycles. The van der Waals surface area contributed by atoms with Gasteiger partial charge in [-0.15, -0.1) is 0 Å². The fraction of sp³-hybridized carbons (Fsp3) is 0. The Morgan fingerprint density at radius 3 is 1.00 bits per heavy atom. The van der Waals surface area contributed by atoms with Gasteiger partial charge in [-0.3, -0.25) is 0 Å². The second-order valence-electron chi connectivity index (χ2n) is 0. The predicted octanol–water partition coefficient (Wildman–Crippen LogP) is -0.827. The van der Waals surface area contributed by atoms with E-state index in [0.717, 1.165) is 0 Å². The smallest absolute Gasteiger partial charge is 0 e. The summed E-state index contributed by atoms with van der Waals surface area (Å²) in [4.78, 5) is 0. The number of hydrogen-bond acceptors (Lipinski definition) is 0. The molecule has 19 valence electrons. The molecule has 1 nitrogen and oxygen atoms in total. The summed E-state index contributed by atoms with van der Waals surface area (Å²) in [5.74, 6) is 0. The van der Waals surface area contributed by atoms with Crippen LogP contribution in [0.3, 0.4) is 0 Å². The van der Waals surface area contributed by atoms with Crippen LogP contribution in [0, 0.1) is 82.6 Å². The van der Waals surface area contributed by atoms with Gasteiger partial charge in [-0.2, -0.15) is 0 Å². The first kappa shape index (κ1) is 25.0. The average Bonchev–Trinajstić information content (AvgIpc) is 0. The van der Waals surface area contributed by atoms with E-state index in [0.29, 0.717) is 0 Å². The molecule has 0 rings (SSSR count). The van der Waals surface area contributed by atoms with E-state index >= 15 is 0 Å². The Bertz CT molecular complexity index is 8.00. The van der Waals surface area contributed by atoms with Gasteiger partial charge in [0, 0.05) is 115 Å². The SMILES string of the molecule is O.[Ce].[Nd].[Y]. The summed E-state index contributed by atoms with van der Waals surface area (Å²) in [6, 6.07) is 0. The van der Waals surface area contributed by atoms with E-state index in [1.165, 1.54) is 0 Å².